The smallest absolute Gasteiger partial charge is 0.231 e. The van der Waals surface area contributed by atoms with Crippen molar-refractivity contribution in [1.82, 2.24) is 4.90 Å². The van der Waals surface area contributed by atoms with E-state index in [0.717, 1.165) is 0 Å². The number of hydrogen-bond acceptors (Lipinski definition) is 2. The van der Waals surface area contributed by atoms with Crippen molar-refractivity contribution in [3.8, 4) is 0 Å². The van der Waals surface area contributed by atoms with Gasteiger partial charge in [-0.25, -0.2) is 0 Å². The van der Waals surface area contributed by atoms with E-state index in [1.807, 2.05) is 36.5 Å². The van der Waals surface area contributed by atoms with E-state index in [1.54, 1.807) is 4.90 Å². The first-order valence-corrected chi connectivity index (χ1v) is 5.15. The summed E-state index contributed by atoms with van der Waals surface area (Å²) in [5.74, 6) is -0.283. The van der Waals surface area contributed by atoms with Gasteiger partial charge in [0.15, 0.2) is 5.78 Å². The fourth-order valence-electron chi connectivity index (χ4n) is 2.50. The molecule has 0 bridgehead atoms. The molecular weight excluding hydrogens is 190 g/mol. The van der Waals surface area contributed by atoms with E-state index in [1.165, 1.54) is 0 Å². The van der Waals surface area contributed by atoms with Gasteiger partial charge in [0.2, 0.25) is 5.91 Å². The molecule has 0 aromatic rings. The number of ketones is 1. The maximum atomic E-state index is 12.1. The number of rotatable bonds is 0. The lowest BCUT2D eigenvalue weighted by Gasteiger charge is -2.37. The van der Waals surface area contributed by atoms with Crippen LogP contribution in [0.3, 0.4) is 0 Å². The second kappa shape index (κ2) is 2.92. The molecule has 0 spiro atoms. The molecule has 1 saturated heterocycles. The Morgan fingerprint density at radius 3 is 2.60 bits per heavy atom. The Labute approximate surface area is 87.8 Å². The largest absolute Gasteiger partial charge is 0.325 e. The molecule has 3 atom stereocenters. The number of piperidine rings is 1. The predicted octanol–water partition coefficient (Wildman–Crippen LogP) is 0.694. The average molecular weight is 201 g/mol. The summed E-state index contributed by atoms with van der Waals surface area (Å²) in [6, 6.07) is -0.310. The monoisotopic (exact) mass is 201 g/mol. The normalized spacial score (nSPS) is 37.1. The Balaban J connectivity index is 2.02. The van der Waals surface area contributed by atoms with Crippen molar-refractivity contribution in [2.75, 3.05) is 6.54 Å². The summed E-state index contributed by atoms with van der Waals surface area (Å²) in [7, 11) is 0. The Hall–Kier alpha value is -1.64. The molecule has 0 aromatic heterocycles. The number of nitrogens with zero attached hydrogens (tertiary/aromatic N) is 1. The quantitative estimate of drug-likeness (QED) is 0.541. The summed E-state index contributed by atoms with van der Waals surface area (Å²) < 4.78 is 0. The Bertz CT molecular complexity index is 419. The molecule has 0 aromatic carbocycles. The van der Waals surface area contributed by atoms with Gasteiger partial charge in [-0.3, -0.25) is 9.59 Å². The summed E-state index contributed by atoms with van der Waals surface area (Å²) in [5, 5.41) is 0. The van der Waals surface area contributed by atoms with E-state index in [-0.39, 0.29) is 29.6 Å². The topological polar surface area (TPSA) is 37.4 Å². The van der Waals surface area contributed by atoms with Gasteiger partial charge in [-0.15, -0.1) is 0 Å². The highest BCUT2D eigenvalue weighted by Gasteiger charge is 2.46. The third-order valence-corrected chi connectivity index (χ3v) is 3.28. The molecule has 0 saturated carbocycles. The van der Waals surface area contributed by atoms with Gasteiger partial charge < -0.3 is 4.90 Å². The standard InChI is InChI=1S/C12H11NO2/c14-11-8-4-1-2-5-9(8)12(15)13-7-3-6-10(11)13/h1-6,8-10H,7H2. The summed E-state index contributed by atoms with van der Waals surface area (Å²) in [6.45, 7) is 0.579. The molecule has 15 heavy (non-hydrogen) atoms. The lowest BCUT2D eigenvalue weighted by atomic mass is 9.78. The summed E-state index contributed by atoms with van der Waals surface area (Å²) >= 11 is 0. The first-order valence-electron chi connectivity index (χ1n) is 5.15. The van der Waals surface area contributed by atoms with Crippen LogP contribution in [0.4, 0.5) is 0 Å². The number of carbonyl (C=O) groups excluding carboxylic acids is 2. The minimum atomic E-state index is -0.310. The molecule has 0 N–H and O–H groups in total. The summed E-state index contributed by atoms with van der Waals surface area (Å²) in [4.78, 5) is 25.8. The van der Waals surface area contributed by atoms with Crippen molar-refractivity contribution in [2.24, 2.45) is 11.8 Å². The number of carbonyl (C=O) groups is 2. The lowest BCUT2D eigenvalue weighted by molar-refractivity contribution is -0.148. The maximum Gasteiger partial charge on any atom is 0.231 e. The van der Waals surface area contributed by atoms with E-state index in [4.69, 9.17) is 0 Å². The highest BCUT2D eigenvalue weighted by Crippen LogP contribution is 2.32. The molecule has 1 aliphatic carbocycles. The van der Waals surface area contributed by atoms with E-state index < -0.39 is 0 Å². The van der Waals surface area contributed by atoms with Crippen LogP contribution in [-0.2, 0) is 9.59 Å². The highest BCUT2D eigenvalue weighted by molar-refractivity contribution is 6.02. The second-order valence-electron chi connectivity index (χ2n) is 4.09. The fraction of sp³-hybridized carbons (Fsp3) is 0.333. The Morgan fingerprint density at radius 2 is 1.80 bits per heavy atom. The van der Waals surface area contributed by atoms with Crippen LogP contribution in [0.1, 0.15) is 0 Å². The zero-order chi connectivity index (χ0) is 10.4. The Kier molecular flexibility index (Phi) is 1.69. The van der Waals surface area contributed by atoms with Crippen LogP contribution in [0.2, 0.25) is 0 Å². The van der Waals surface area contributed by atoms with Gasteiger partial charge in [0.25, 0.3) is 0 Å². The highest BCUT2D eigenvalue weighted by atomic mass is 16.2. The molecule has 76 valence electrons. The number of Topliss-reactive ketones (excluding diaryl/α,β-unsaturated/α-hetero) is 1. The first-order chi connectivity index (χ1) is 7.29. The first kappa shape index (κ1) is 8.65. The van der Waals surface area contributed by atoms with Crippen LogP contribution in [0.5, 0.6) is 0 Å². The van der Waals surface area contributed by atoms with Gasteiger partial charge in [0.1, 0.15) is 6.04 Å². The molecule has 1 fully saturated rings. The summed E-state index contributed by atoms with van der Waals surface area (Å²) in [6.07, 6.45) is 11.1. The third kappa shape index (κ3) is 1.06. The minimum Gasteiger partial charge on any atom is -0.325 e. The molecule has 3 nitrogen and oxygen atoms in total. The van der Waals surface area contributed by atoms with Crippen LogP contribution in [0.25, 0.3) is 0 Å². The molecule has 1 amide bonds. The van der Waals surface area contributed by atoms with Crippen molar-refractivity contribution < 1.29 is 9.59 Å². The van der Waals surface area contributed by atoms with Crippen molar-refractivity contribution in [3.63, 3.8) is 0 Å². The van der Waals surface area contributed by atoms with Gasteiger partial charge in [-0.2, -0.15) is 0 Å². The molecule has 3 unspecified atom stereocenters. The molecule has 3 heteroatoms. The third-order valence-electron chi connectivity index (χ3n) is 3.28. The van der Waals surface area contributed by atoms with Gasteiger partial charge in [0.05, 0.1) is 11.8 Å². The predicted molar refractivity (Wildman–Crippen MR) is 54.9 cm³/mol. The number of hydrogen-bond donors (Lipinski definition) is 0. The fourth-order valence-corrected chi connectivity index (χ4v) is 2.50. The van der Waals surface area contributed by atoms with Crippen LogP contribution in [0.15, 0.2) is 36.5 Å². The second-order valence-corrected chi connectivity index (χ2v) is 4.09. The summed E-state index contributed by atoms with van der Waals surface area (Å²) in [5.41, 5.74) is 0. The lowest BCUT2D eigenvalue weighted by Crippen LogP contribution is -2.54. The molecular formula is C12H11NO2. The maximum absolute atomic E-state index is 12.1. The van der Waals surface area contributed by atoms with E-state index in [9.17, 15) is 9.59 Å². The molecule has 3 rings (SSSR count). The van der Waals surface area contributed by atoms with Crippen molar-refractivity contribution in [3.05, 3.63) is 36.5 Å². The van der Waals surface area contributed by atoms with Crippen LogP contribution in [0, 0.1) is 11.8 Å². The van der Waals surface area contributed by atoms with E-state index in [2.05, 4.69) is 0 Å². The minimum absolute atomic E-state index is 0.0789. The van der Waals surface area contributed by atoms with Gasteiger partial charge in [0, 0.05) is 6.54 Å². The molecule has 2 heterocycles. The zero-order valence-electron chi connectivity index (χ0n) is 8.17. The molecule has 2 aliphatic heterocycles. The van der Waals surface area contributed by atoms with E-state index >= 15 is 0 Å². The van der Waals surface area contributed by atoms with E-state index in [0.29, 0.717) is 6.54 Å². The van der Waals surface area contributed by atoms with Crippen LogP contribution < -0.4 is 0 Å². The van der Waals surface area contributed by atoms with Gasteiger partial charge in [-0.1, -0.05) is 36.5 Å². The number of allylic oxidation sites excluding steroid dienone is 3. The average Bonchev–Trinajstić information content (AvgIpc) is 2.75. The number of amides is 1. The van der Waals surface area contributed by atoms with Crippen molar-refractivity contribution >= 4 is 11.7 Å². The van der Waals surface area contributed by atoms with Gasteiger partial charge in [-0.05, 0) is 0 Å². The molecule has 0 radical (unpaired) electrons. The zero-order valence-corrected chi connectivity index (χ0v) is 8.17. The van der Waals surface area contributed by atoms with Crippen molar-refractivity contribution in [1.29, 1.82) is 0 Å². The van der Waals surface area contributed by atoms with Crippen molar-refractivity contribution in [2.45, 2.75) is 6.04 Å². The number of fused-ring (bicyclic) bond motifs is 2. The molecule has 3 aliphatic rings. The van der Waals surface area contributed by atoms with Gasteiger partial charge >= 0.3 is 0 Å². The Morgan fingerprint density at radius 1 is 1.07 bits per heavy atom. The van der Waals surface area contributed by atoms with Crippen LogP contribution in [-0.4, -0.2) is 29.2 Å². The SMILES string of the molecule is O=C1C2C=CC=CC2C(=O)N2CC=CC12. The van der Waals surface area contributed by atoms with Crippen LogP contribution >= 0.6 is 0 Å².